The van der Waals surface area contributed by atoms with Gasteiger partial charge in [0.2, 0.25) is 0 Å². The van der Waals surface area contributed by atoms with Gasteiger partial charge in [0, 0.05) is 17.0 Å². The number of ether oxygens (including phenoxy) is 1. The van der Waals surface area contributed by atoms with Crippen LogP contribution in [0, 0.1) is 5.82 Å². The highest BCUT2D eigenvalue weighted by atomic mass is 35.5. The van der Waals surface area contributed by atoms with Crippen molar-refractivity contribution in [1.82, 2.24) is 0 Å². The lowest BCUT2D eigenvalue weighted by molar-refractivity contribution is 0.409. The molecule has 0 bridgehead atoms. The van der Waals surface area contributed by atoms with Crippen molar-refractivity contribution < 1.29 is 9.13 Å². The molecule has 1 rings (SSSR count). The van der Waals surface area contributed by atoms with Gasteiger partial charge in [-0.15, -0.1) is 0 Å². The Labute approximate surface area is 81.8 Å². The summed E-state index contributed by atoms with van der Waals surface area (Å²) in [6, 6.07) is 4.32. The van der Waals surface area contributed by atoms with E-state index in [0.717, 1.165) is 0 Å². The molecular formula is C10H10ClFO. The van der Waals surface area contributed by atoms with E-state index >= 15 is 0 Å². The van der Waals surface area contributed by atoms with E-state index in [1.165, 1.54) is 19.2 Å². The number of benzene rings is 1. The van der Waals surface area contributed by atoms with Crippen LogP contribution in [0.5, 0.6) is 5.75 Å². The van der Waals surface area contributed by atoms with Gasteiger partial charge in [-0.25, -0.2) is 4.39 Å². The molecule has 0 saturated carbocycles. The maximum Gasteiger partial charge on any atom is 0.123 e. The lowest BCUT2D eigenvalue weighted by Crippen LogP contribution is -1.93. The zero-order valence-electron chi connectivity index (χ0n) is 7.31. The highest BCUT2D eigenvalue weighted by Gasteiger charge is 2.04. The minimum Gasteiger partial charge on any atom is -0.496 e. The fourth-order valence-corrected chi connectivity index (χ4v) is 1.24. The Hall–Kier alpha value is -1.02. The van der Waals surface area contributed by atoms with Crippen molar-refractivity contribution >= 4 is 11.6 Å². The molecule has 0 aliphatic rings. The standard InChI is InChI=1S/C10H10ClFO/c1-7(11)5-8-6-9(12)3-4-10(8)13-2/h3-4,6H,1,5H2,2H3. The first-order valence-electron chi connectivity index (χ1n) is 3.79. The number of hydrogen-bond acceptors (Lipinski definition) is 1. The lowest BCUT2D eigenvalue weighted by Gasteiger charge is -2.06. The number of rotatable bonds is 3. The number of hydrogen-bond donors (Lipinski definition) is 0. The molecule has 0 radical (unpaired) electrons. The van der Waals surface area contributed by atoms with Crippen LogP contribution in [0.2, 0.25) is 0 Å². The Morgan fingerprint density at radius 3 is 2.85 bits per heavy atom. The average Bonchev–Trinajstić information content (AvgIpc) is 2.03. The van der Waals surface area contributed by atoms with E-state index in [1.54, 1.807) is 6.07 Å². The Morgan fingerprint density at radius 2 is 2.31 bits per heavy atom. The maximum atomic E-state index is 12.8. The summed E-state index contributed by atoms with van der Waals surface area (Å²) in [5.74, 6) is 0.330. The van der Waals surface area contributed by atoms with E-state index in [9.17, 15) is 4.39 Å². The van der Waals surface area contributed by atoms with Gasteiger partial charge in [0.15, 0.2) is 0 Å². The Kier molecular flexibility index (Phi) is 3.32. The van der Waals surface area contributed by atoms with Crippen molar-refractivity contribution in [3.63, 3.8) is 0 Å². The van der Waals surface area contributed by atoms with Gasteiger partial charge in [-0.1, -0.05) is 18.2 Å². The summed E-state index contributed by atoms with van der Waals surface area (Å²) in [7, 11) is 1.54. The van der Waals surface area contributed by atoms with Crippen molar-refractivity contribution in [2.24, 2.45) is 0 Å². The van der Waals surface area contributed by atoms with Crippen LogP contribution in [0.3, 0.4) is 0 Å². The van der Waals surface area contributed by atoms with Crippen LogP contribution in [0.1, 0.15) is 5.56 Å². The molecule has 0 spiro atoms. The van der Waals surface area contributed by atoms with E-state index < -0.39 is 0 Å². The molecular weight excluding hydrogens is 191 g/mol. The molecule has 0 aliphatic carbocycles. The monoisotopic (exact) mass is 200 g/mol. The Balaban J connectivity index is 3.01. The maximum absolute atomic E-state index is 12.8. The molecule has 1 aromatic rings. The minimum absolute atomic E-state index is 0.297. The van der Waals surface area contributed by atoms with Gasteiger partial charge < -0.3 is 4.74 Å². The molecule has 13 heavy (non-hydrogen) atoms. The van der Waals surface area contributed by atoms with E-state index in [1.807, 2.05) is 0 Å². The van der Waals surface area contributed by atoms with Crippen molar-refractivity contribution in [2.45, 2.75) is 6.42 Å². The highest BCUT2D eigenvalue weighted by molar-refractivity contribution is 6.29. The highest BCUT2D eigenvalue weighted by Crippen LogP contribution is 2.22. The molecule has 0 amide bonds. The first kappa shape index (κ1) is 10.1. The molecule has 3 heteroatoms. The smallest absolute Gasteiger partial charge is 0.123 e. The van der Waals surface area contributed by atoms with E-state index in [2.05, 4.69) is 6.58 Å². The zero-order valence-corrected chi connectivity index (χ0v) is 8.07. The molecule has 1 nitrogen and oxygen atoms in total. The first-order valence-corrected chi connectivity index (χ1v) is 4.17. The summed E-state index contributed by atoms with van der Waals surface area (Å²) >= 11 is 5.62. The molecule has 0 N–H and O–H groups in total. The van der Waals surface area contributed by atoms with E-state index in [4.69, 9.17) is 16.3 Å². The minimum atomic E-state index is -0.297. The topological polar surface area (TPSA) is 9.23 Å². The molecule has 0 fully saturated rings. The van der Waals surface area contributed by atoms with Crippen LogP contribution in [0.15, 0.2) is 29.8 Å². The van der Waals surface area contributed by atoms with Crippen LogP contribution >= 0.6 is 11.6 Å². The normalized spacial score (nSPS) is 9.77. The number of methoxy groups -OCH3 is 1. The molecule has 1 aromatic carbocycles. The number of halogens is 2. The molecule has 0 unspecified atom stereocenters. The zero-order chi connectivity index (χ0) is 9.84. The molecule has 0 aliphatic heterocycles. The van der Waals surface area contributed by atoms with Crippen LogP contribution in [0.25, 0.3) is 0 Å². The second kappa shape index (κ2) is 4.28. The summed E-state index contributed by atoms with van der Waals surface area (Å²) in [4.78, 5) is 0. The van der Waals surface area contributed by atoms with Gasteiger partial charge in [-0.3, -0.25) is 0 Å². The molecule has 0 aromatic heterocycles. The fourth-order valence-electron chi connectivity index (χ4n) is 1.09. The quantitative estimate of drug-likeness (QED) is 0.729. The third-order valence-corrected chi connectivity index (χ3v) is 1.76. The predicted molar refractivity (Wildman–Crippen MR) is 51.6 cm³/mol. The summed E-state index contributed by atoms with van der Waals surface area (Å²) in [5.41, 5.74) is 0.711. The predicted octanol–water partition coefficient (Wildman–Crippen LogP) is 3.13. The van der Waals surface area contributed by atoms with E-state index in [0.29, 0.717) is 22.8 Å². The van der Waals surface area contributed by atoms with Gasteiger partial charge in [-0.05, 0) is 18.2 Å². The summed E-state index contributed by atoms with van der Waals surface area (Å²) in [6.07, 6.45) is 0.419. The van der Waals surface area contributed by atoms with E-state index in [-0.39, 0.29) is 5.82 Å². The van der Waals surface area contributed by atoms with Crippen molar-refractivity contribution in [3.05, 3.63) is 41.2 Å². The number of allylic oxidation sites excluding steroid dienone is 1. The largest absolute Gasteiger partial charge is 0.496 e. The molecule has 0 heterocycles. The van der Waals surface area contributed by atoms with Crippen LogP contribution in [-0.4, -0.2) is 7.11 Å². The first-order chi connectivity index (χ1) is 6.13. The second-order valence-electron chi connectivity index (χ2n) is 2.65. The van der Waals surface area contributed by atoms with Crippen molar-refractivity contribution in [2.75, 3.05) is 7.11 Å². The molecule has 70 valence electrons. The second-order valence-corrected chi connectivity index (χ2v) is 3.18. The lowest BCUT2D eigenvalue weighted by atomic mass is 10.1. The van der Waals surface area contributed by atoms with Gasteiger partial charge in [0.05, 0.1) is 7.11 Å². The molecule has 0 atom stereocenters. The fraction of sp³-hybridized carbons (Fsp3) is 0.200. The van der Waals surface area contributed by atoms with Crippen LogP contribution in [-0.2, 0) is 6.42 Å². The van der Waals surface area contributed by atoms with Gasteiger partial charge in [0.25, 0.3) is 0 Å². The third-order valence-electron chi connectivity index (χ3n) is 1.62. The van der Waals surface area contributed by atoms with Gasteiger partial charge >= 0.3 is 0 Å². The summed E-state index contributed by atoms with van der Waals surface area (Å²) < 4.78 is 17.8. The summed E-state index contributed by atoms with van der Waals surface area (Å²) in [6.45, 7) is 3.54. The van der Waals surface area contributed by atoms with Crippen molar-refractivity contribution in [1.29, 1.82) is 0 Å². The molecule has 0 saturated heterocycles. The van der Waals surface area contributed by atoms with Crippen LogP contribution in [0.4, 0.5) is 4.39 Å². The van der Waals surface area contributed by atoms with Crippen molar-refractivity contribution in [3.8, 4) is 5.75 Å². The average molecular weight is 201 g/mol. The van der Waals surface area contributed by atoms with Gasteiger partial charge in [0.1, 0.15) is 11.6 Å². The SMILES string of the molecule is C=C(Cl)Cc1cc(F)ccc1OC. The Bertz CT molecular complexity index is 323. The van der Waals surface area contributed by atoms with Gasteiger partial charge in [-0.2, -0.15) is 0 Å². The summed E-state index contributed by atoms with van der Waals surface area (Å²) in [5, 5.41) is 0.462. The van der Waals surface area contributed by atoms with Crippen LogP contribution < -0.4 is 4.74 Å². The third kappa shape index (κ3) is 2.74. The Morgan fingerprint density at radius 1 is 1.62 bits per heavy atom.